The number of halogens is 5. The summed E-state index contributed by atoms with van der Waals surface area (Å²) in [5.74, 6) is -4.58. The van der Waals surface area contributed by atoms with Crippen LogP contribution in [0.1, 0.15) is 22.8 Å². The zero-order valence-electron chi connectivity index (χ0n) is 10.2. The van der Waals surface area contributed by atoms with Crippen LogP contribution in [0.3, 0.4) is 0 Å². The van der Waals surface area contributed by atoms with Crippen molar-refractivity contribution in [1.82, 2.24) is 0 Å². The van der Waals surface area contributed by atoms with Crippen molar-refractivity contribution >= 4 is 15.9 Å². The van der Waals surface area contributed by atoms with Crippen LogP contribution in [0.2, 0.25) is 0 Å². The lowest BCUT2D eigenvalue weighted by atomic mass is 9.98. The van der Waals surface area contributed by atoms with Crippen molar-refractivity contribution in [3.63, 3.8) is 0 Å². The fourth-order valence-corrected chi connectivity index (χ4v) is 2.24. The van der Waals surface area contributed by atoms with Crippen molar-refractivity contribution in [3.05, 3.63) is 68.7 Å². The summed E-state index contributed by atoms with van der Waals surface area (Å²) >= 11 is 2.89. The molecule has 0 spiro atoms. The number of hydrogen-bond acceptors (Lipinski definition) is 1. The van der Waals surface area contributed by atoms with Gasteiger partial charge in [-0.05, 0) is 24.6 Å². The molecule has 0 aliphatic heterocycles. The van der Waals surface area contributed by atoms with Gasteiger partial charge in [0.05, 0.1) is 5.56 Å². The predicted octanol–water partition coefficient (Wildman–Crippen LogP) is 4.40. The van der Waals surface area contributed by atoms with Crippen molar-refractivity contribution in [2.24, 2.45) is 0 Å². The molecule has 106 valence electrons. The molecule has 1 nitrogen and oxygen atoms in total. The summed E-state index contributed by atoms with van der Waals surface area (Å²) in [6.07, 6.45) is -1.93. The van der Waals surface area contributed by atoms with Gasteiger partial charge in [0.25, 0.3) is 0 Å². The molecule has 0 saturated heterocycles. The Hall–Kier alpha value is -1.40. The van der Waals surface area contributed by atoms with Crippen LogP contribution in [0.4, 0.5) is 17.6 Å². The highest BCUT2D eigenvalue weighted by atomic mass is 79.9. The number of aliphatic hydroxyl groups is 1. The molecule has 0 fully saturated rings. The highest BCUT2D eigenvalue weighted by Gasteiger charge is 2.25. The summed E-state index contributed by atoms with van der Waals surface area (Å²) in [6, 6.07) is 4.19. The van der Waals surface area contributed by atoms with Crippen molar-refractivity contribution in [2.45, 2.75) is 13.0 Å². The molecule has 0 radical (unpaired) electrons. The topological polar surface area (TPSA) is 20.2 Å². The van der Waals surface area contributed by atoms with Gasteiger partial charge in [0.1, 0.15) is 17.7 Å². The molecule has 1 atom stereocenters. The molecule has 20 heavy (non-hydrogen) atoms. The van der Waals surface area contributed by atoms with Gasteiger partial charge in [-0.25, -0.2) is 17.6 Å². The lowest BCUT2D eigenvalue weighted by molar-refractivity contribution is 0.202. The van der Waals surface area contributed by atoms with E-state index in [0.29, 0.717) is 0 Å². The summed E-state index contributed by atoms with van der Waals surface area (Å²) < 4.78 is 54.8. The minimum atomic E-state index is -1.93. The van der Waals surface area contributed by atoms with E-state index in [0.717, 1.165) is 18.2 Å². The van der Waals surface area contributed by atoms with Gasteiger partial charge in [0.2, 0.25) is 0 Å². The van der Waals surface area contributed by atoms with E-state index < -0.39 is 40.5 Å². The van der Waals surface area contributed by atoms with Gasteiger partial charge >= 0.3 is 0 Å². The zero-order valence-corrected chi connectivity index (χ0v) is 11.8. The first-order chi connectivity index (χ1) is 9.32. The minimum Gasteiger partial charge on any atom is -0.383 e. The Labute approximate surface area is 121 Å². The van der Waals surface area contributed by atoms with E-state index in [1.807, 2.05) is 0 Å². The van der Waals surface area contributed by atoms with Gasteiger partial charge in [-0.1, -0.05) is 28.1 Å². The maximum atomic E-state index is 13.8. The van der Waals surface area contributed by atoms with Crippen molar-refractivity contribution in [1.29, 1.82) is 0 Å². The lowest BCUT2D eigenvalue weighted by Gasteiger charge is -2.15. The van der Waals surface area contributed by atoms with Crippen molar-refractivity contribution < 1.29 is 22.7 Å². The molecule has 0 bridgehead atoms. The number of hydrogen-bond donors (Lipinski definition) is 1. The molecule has 0 aromatic heterocycles. The molecule has 2 aromatic rings. The normalized spacial score (nSPS) is 12.6. The van der Waals surface area contributed by atoms with Crippen LogP contribution in [0, 0.1) is 30.2 Å². The Morgan fingerprint density at radius 3 is 2.10 bits per heavy atom. The monoisotopic (exact) mass is 348 g/mol. The quantitative estimate of drug-likeness (QED) is 0.797. The van der Waals surface area contributed by atoms with E-state index in [9.17, 15) is 22.7 Å². The Morgan fingerprint density at radius 1 is 1.00 bits per heavy atom. The van der Waals surface area contributed by atoms with E-state index in [1.165, 1.54) is 13.0 Å². The van der Waals surface area contributed by atoms with Gasteiger partial charge in [-0.2, -0.15) is 0 Å². The molecule has 0 heterocycles. The van der Waals surface area contributed by atoms with Crippen LogP contribution in [0.5, 0.6) is 0 Å². The third-order valence-corrected chi connectivity index (χ3v) is 3.37. The second kappa shape index (κ2) is 5.54. The molecular weight excluding hydrogens is 340 g/mol. The molecule has 2 rings (SSSR count). The van der Waals surface area contributed by atoms with E-state index in [4.69, 9.17) is 0 Å². The Kier molecular flexibility index (Phi) is 4.15. The maximum Gasteiger partial charge on any atom is 0.165 e. The van der Waals surface area contributed by atoms with Crippen LogP contribution in [0.15, 0.2) is 28.7 Å². The highest BCUT2D eigenvalue weighted by Crippen LogP contribution is 2.31. The summed E-state index contributed by atoms with van der Waals surface area (Å²) in [7, 11) is 0. The first kappa shape index (κ1) is 15.0. The van der Waals surface area contributed by atoms with Crippen LogP contribution < -0.4 is 0 Å². The fraction of sp³-hybridized carbons (Fsp3) is 0.143. The zero-order chi connectivity index (χ0) is 15.0. The molecule has 0 aliphatic rings. The average Bonchev–Trinajstić information content (AvgIpc) is 2.34. The third kappa shape index (κ3) is 2.58. The fourth-order valence-electron chi connectivity index (χ4n) is 1.84. The third-order valence-electron chi connectivity index (χ3n) is 2.92. The molecule has 1 unspecified atom stereocenters. The van der Waals surface area contributed by atoms with E-state index in [2.05, 4.69) is 15.9 Å². The van der Waals surface area contributed by atoms with Crippen molar-refractivity contribution in [3.8, 4) is 0 Å². The molecular formula is C14H9BrF4O. The number of rotatable bonds is 2. The van der Waals surface area contributed by atoms with Gasteiger partial charge in [0.15, 0.2) is 11.6 Å². The smallest absolute Gasteiger partial charge is 0.165 e. The van der Waals surface area contributed by atoms with E-state index in [1.54, 1.807) is 0 Å². The Morgan fingerprint density at radius 2 is 1.55 bits per heavy atom. The molecule has 0 saturated carbocycles. The average molecular weight is 349 g/mol. The largest absolute Gasteiger partial charge is 0.383 e. The SMILES string of the molecule is Cc1ccc(C(O)c2c(F)cc(Br)cc2F)c(F)c1F. The highest BCUT2D eigenvalue weighted by molar-refractivity contribution is 9.10. The Balaban J connectivity index is 2.58. The number of benzene rings is 2. The van der Waals surface area contributed by atoms with Crippen LogP contribution in [-0.4, -0.2) is 5.11 Å². The standard InChI is InChI=1S/C14H9BrF4O/c1-6-2-3-8(13(19)12(6)18)14(20)11-9(16)4-7(15)5-10(11)17/h2-5,14,20H,1H3. The van der Waals surface area contributed by atoms with Gasteiger partial charge in [-0.3, -0.25) is 0 Å². The first-order valence-corrected chi connectivity index (χ1v) is 6.39. The number of aliphatic hydroxyl groups excluding tert-OH is 1. The van der Waals surface area contributed by atoms with Gasteiger partial charge in [0, 0.05) is 10.0 Å². The van der Waals surface area contributed by atoms with E-state index >= 15 is 0 Å². The molecule has 0 amide bonds. The van der Waals surface area contributed by atoms with Crippen molar-refractivity contribution in [2.75, 3.05) is 0 Å². The van der Waals surface area contributed by atoms with Gasteiger partial charge in [-0.15, -0.1) is 0 Å². The second-order valence-corrected chi connectivity index (χ2v) is 5.20. The second-order valence-electron chi connectivity index (χ2n) is 4.29. The summed E-state index contributed by atoms with van der Waals surface area (Å²) in [4.78, 5) is 0. The summed E-state index contributed by atoms with van der Waals surface area (Å²) in [5.41, 5.74) is -1.21. The number of aryl methyl sites for hydroxylation is 1. The van der Waals surface area contributed by atoms with Crippen LogP contribution >= 0.6 is 15.9 Å². The molecule has 0 aliphatic carbocycles. The maximum absolute atomic E-state index is 13.8. The minimum absolute atomic E-state index is 0.0372. The Bertz CT molecular complexity index is 649. The van der Waals surface area contributed by atoms with Crippen LogP contribution in [-0.2, 0) is 0 Å². The molecule has 1 N–H and O–H groups in total. The summed E-state index contributed by atoms with van der Waals surface area (Å²) in [5, 5.41) is 9.94. The van der Waals surface area contributed by atoms with Gasteiger partial charge < -0.3 is 5.11 Å². The molecule has 6 heteroatoms. The first-order valence-electron chi connectivity index (χ1n) is 5.60. The summed E-state index contributed by atoms with van der Waals surface area (Å²) in [6.45, 7) is 1.34. The van der Waals surface area contributed by atoms with Crippen LogP contribution in [0.25, 0.3) is 0 Å². The lowest BCUT2D eigenvalue weighted by Crippen LogP contribution is -2.09. The molecule has 2 aromatic carbocycles. The van der Waals surface area contributed by atoms with E-state index in [-0.39, 0.29) is 10.0 Å². The predicted molar refractivity (Wildman–Crippen MR) is 69.2 cm³/mol.